The molecule has 0 aromatic heterocycles. The zero-order chi connectivity index (χ0) is 9.99. The van der Waals surface area contributed by atoms with E-state index in [9.17, 15) is 0 Å². The molecule has 0 radical (unpaired) electrons. The summed E-state index contributed by atoms with van der Waals surface area (Å²) in [7, 11) is -2.44. The van der Waals surface area contributed by atoms with Gasteiger partial charge in [-0.1, -0.05) is 45.2 Å². The Morgan fingerprint density at radius 1 is 0.833 bits per heavy atom. The molecule has 12 heavy (non-hydrogen) atoms. The molecule has 1 nitrogen and oxygen atoms in total. The number of nitrogens with zero attached hydrogens (tertiary/aromatic N) is 1. The van der Waals surface area contributed by atoms with E-state index in [1.165, 1.54) is 0 Å². The molecule has 0 spiro atoms. The van der Waals surface area contributed by atoms with Gasteiger partial charge in [0.25, 0.3) is 0 Å². The van der Waals surface area contributed by atoms with Crippen molar-refractivity contribution >= 4 is 16.5 Å². The molecule has 70 valence electrons. The molecule has 0 aliphatic rings. The molecule has 0 aromatic rings. The van der Waals surface area contributed by atoms with Crippen LogP contribution in [0, 0.1) is 12.0 Å². The maximum atomic E-state index is 3.27. The van der Waals surface area contributed by atoms with Crippen molar-refractivity contribution in [2.75, 3.05) is 0 Å². The van der Waals surface area contributed by atoms with Crippen molar-refractivity contribution < 1.29 is 0 Å². The Kier molecular flexibility index (Phi) is 3.61. The molecule has 0 bridgehead atoms. The zero-order valence-electron chi connectivity index (χ0n) is 9.45. The van der Waals surface area contributed by atoms with Gasteiger partial charge in [-0.3, -0.25) is 0 Å². The number of rotatable bonds is 2. The molecular weight excluding hydrogens is 178 g/mol. The van der Waals surface area contributed by atoms with E-state index < -0.39 is 16.5 Å². The highest BCUT2D eigenvalue weighted by atomic mass is 28.4. The summed E-state index contributed by atoms with van der Waals surface area (Å²) in [6.07, 6.45) is 0. The Bertz CT molecular complexity index is 185. The quantitative estimate of drug-likeness (QED) is 0.375. The van der Waals surface area contributed by atoms with Gasteiger partial charge in [0, 0.05) is 0 Å². The Morgan fingerprint density at radius 3 is 1.25 bits per heavy atom. The Morgan fingerprint density at radius 2 is 1.17 bits per heavy atom. The third-order valence-electron chi connectivity index (χ3n) is 1.57. The maximum absolute atomic E-state index is 3.27. The minimum atomic E-state index is -1.22. The predicted octanol–water partition coefficient (Wildman–Crippen LogP) is 2.94. The SMILES string of the molecule is CC#CN([Si](C)(C)C)[Si](C)(C)C. The zero-order valence-corrected chi connectivity index (χ0v) is 11.4. The van der Waals surface area contributed by atoms with Crippen LogP contribution in [0.25, 0.3) is 0 Å². The first-order chi connectivity index (χ1) is 5.19. The Labute approximate surface area is 79.3 Å². The van der Waals surface area contributed by atoms with Crippen LogP contribution in [0.3, 0.4) is 0 Å². The lowest BCUT2D eigenvalue weighted by atomic mass is 10.8. The van der Waals surface area contributed by atoms with Crippen LogP contribution in [0.4, 0.5) is 0 Å². The average Bonchev–Trinajstić information content (AvgIpc) is 1.77. The van der Waals surface area contributed by atoms with Gasteiger partial charge in [-0.2, -0.15) is 0 Å². The first-order valence-electron chi connectivity index (χ1n) is 4.42. The lowest BCUT2D eigenvalue weighted by Crippen LogP contribution is -2.56. The van der Waals surface area contributed by atoms with Crippen LogP contribution in [0.5, 0.6) is 0 Å². The lowest BCUT2D eigenvalue weighted by Gasteiger charge is -2.40. The monoisotopic (exact) mass is 199 g/mol. The van der Waals surface area contributed by atoms with Gasteiger partial charge < -0.3 is 4.23 Å². The second-order valence-corrected chi connectivity index (χ2v) is 15.1. The Hall–Kier alpha value is -0.206. The minimum absolute atomic E-state index is 1.22. The normalized spacial score (nSPS) is 11.9. The van der Waals surface area contributed by atoms with Crippen molar-refractivity contribution in [3.63, 3.8) is 0 Å². The summed E-state index contributed by atoms with van der Waals surface area (Å²) >= 11 is 0. The molecule has 0 fully saturated rings. The fourth-order valence-corrected chi connectivity index (χ4v) is 10.4. The van der Waals surface area contributed by atoms with Crippen LogP contribution in [0.15, 0.2) is 0 Å². The van der Waals surface area contributed by atoms with E-state index in [-0.39, 0.29) is 0 Å². The first kappa shape index (κ1) is 11.8. The van der Waals surface area contributed by atoms with Gasteiger partial charge in [0.2, 0.25) is 0 Å². The van der Waals surface area contributed by atoms with E-state index in [0.29, 0.717) is 0 Å². The molecule has 0 aliphatic heterocycles. The van der Waals surface area contributed by atoms with Crippen molar-refractivity contribution in [3.05, 3.63) is 0 Å². The van der Waals surface area contributed by atoms with E-state index >= 15 is 0 Å². The smallest absolute Gasteiger partial charge is 0.147 e. The summed E-state index contributed by atoms with van der Waals surface area (Å²) in [5.74, 6) is 3.03. The van der Waals surface area contributed by atoms with E-state index in [0.717, 1.165) is 0 Å². The van der Waals surface area contributed by atoms with Gasteiger partial charge in [-0.05, 0) is 13.0 Å². The van der Waals surface area contributed by atoms with Gasteiger partial charge in [-0.25, -0.2) is 0 Å². The molecule has 0 atom stereocenters. The van der Waals surface area contributed by atoms with Crippen LogP contribution in [0.1, 0.15) is 6.92 Å². The molecule has 0 saturated carbocycles. The maximum Gasteiger partial charge on any atom is 0.147 e. The molecule has 0 unspecified atom stereocenters. The molecule has 0 saturated heterocycles. The van der Waals surface area contributed by atoms with Crippen LogP contribution in [-0.2, 0) is 0 Å². The molecule has 0 heterocycles. The standard InChI is InChI=1S/C9H21NSi2/c1-8-9-10(11(2,3)4)12(5,6)7/h1-7H3. The van der Waals surface area contributed by atoms with E-state index in [1.807, 2.05) is 6.92 Å². The molecule has 0 amide bonds. The van der Waals surface area contributed by atoms with E-state index in [2.05, 4.69) is 55.5 Å². The lowest BCUT2D eigenvalue weighted by molar-refractivity contribution is 0.874. The predicted molar refractivity (Wildman–Crippen MR) is 62.0 cm³/mol. The molecule has 0 rings (SSSR count). The highest BCUT2D eigenvalue weighted by Crippen LogP contribution is 2.17. The van der Waals surface area contributed by atoms with Gasteiger partial charge in [0.1, 0.15) is 16.5 Å². The first-order valence-corrected chi connectivity index (χ1v) is 11.3. The highest BCUT2D eigenvalue weighted by Gasteiger charge is 2.32. The fourth-order valence-electron chi connectivity index (χ4n) is 1.45. The van der Waals surface area contributed by atoms with Crippen LogP contribution in [0.2, 0.25) is 39.3 Å². The van der Waals surface area contributed by atoms with Crippen molar-refractivity contribution in [2.45, 2.75) is 46.2 Å². The summed E-state index contributed by atoms with van der Waals surface area (Å²) in [5, 5.41) is 0. The summed E-state index contributed by atoms with van der Waals surface area (Å²) in [6.45, 7) is 16.1. The van der Waals surface area contributed by atoms with Crippen LogP contribution in [-0.4, -0.2) is 20.7 Å². The molecule has 0 aliphatic carbocycles. The van der Waals surface area contributed by atoms with E-state index in [1.54, 1.807) is 0 Å². The highest BCUT2D eigenvalue weighted by molar-refractivity contribution is 6.90. The summed E-state index contributed by atoms with van der Waals surface area (Å²) in [4.78, 5) is 0. The number of hydrogen-bond acceptors (Lipinski definition) is 1. The van der Waals surface area contributed by atoms with Crippen LogP contribution < -0.4 is 0 Å². The van der Waals surface area contributed by atoms with Gasteiger partial charge in [-0.15, -0.1) is 0 Å². The molecule has 3 heteroatoms. The van der Waals surface area contributed by atoms with Gasteiger partial charge in [0.15, 0.2) is 0 Å². The van der Waals surface area contributed by atoms with Crippen LogP contribution >= 0.6 is 0 Å². The van der Waals surface area contributed by atoms with Crippen molar-refractivity contribution in [2.24, 2.45) is 0 Å². The number of hydrogen-bond donors (Lipinski definition) is 0. The van der Waals surface area contributed by atoms with Gasteiger partial charge in [0.05, 0.1) is 0 Å². The molecular formula is C9H21NSi2. The Balaban J connectivity index is 4.78. The second-order valence-electron chi connectivity index (χ2n) is 5.04. The second kappa shape index (κ2) is 3.67. The summed E-state index contributed by atoms with van der Waals surface area (Å²) < 4.78 is 2.47. The van der Waals surface area contributed by atoms with Crippen molar-refractivity contribution in [3.8, 4) is 12.0 Å². The topological polar surface area (TPSA) is 3.24 Å². The average molecular weight is 199 g/mol. The molecule has 0 N–H and O–H groups in total. The van der Waals surface area contributed by atoms with E-state index in [4.69, 9.17) is 0 Å². The fraction of sp³-hybridized carbons (Fsp3) is 0.778. The van der Waals surface area contributed by atoms with Crippen molar-refractivity contribution in [1.82, 2.24) is 4.23 Å². The van der Waals surface area contributed by atoms with Gasteiger partial charge >= 0.3 is 0 Å². The minimum Gasteiger partial charge on any atom is -0.385 e. The third-order valence-corrected chi connectivity index (χ3v) is 8.50. The third kappa shape index (κ3) is 3.46. The summed E-state index contributed by atoms with van der Waals surface area (Å²) in [5.41, 5.74) is 0. The molecule has 0 aromatic carbocycles. The summed E-state index contributed by atoms with van der Waals surface area (Å²) in [6, 6.07) is 3.27. The largest absolute Gasteiger partial charge is 0.385 e. The van der Waals surface area contributed by atoms with Crippen molar-refractivity contribution in [1.29, 1.82) is 0 Å².